The predicted octanol–water partition coefficient (Wildman–Crippen LogP) is 4.25. The van der Waals surface area contributed by atoms with Gasteiger partial charge in [0, 0.05) is 23.1 Å². The number of aryl methyl sites for hydroxylation is 1. The highest BCUT2D eigenvalue weighted by molar-refractivity contribution is 6.34. The van der Waals surface area contributed by atoms with Crippen LogP contribution in [0, 0.1) is 0 Å². The predicted molar refractivity (Wildman–Crippen MR) is 89.4 cm³/mol. The van der Waals surface area contributed by atoms with Gasteiger partial charge in [-0.1, -0.05) is 37.0 Å². The van der Waals surface area contributed by atoms with E-state index in [0.29, 0.717) is 21.8 Å². The van der Waals surface area contributed by atoms with Crippen molar-refractivity contribution in [1.29, 1.82) is 0 Å². The van der Waals surface area contributed by atoms with Crippen molar-refractivity contribution < 1.29 is 4.74 Å². The Labute approximate surface area is 140 Å². The minimum absolute atomic E-state index is 0.417. The van der Waals surface area contributed by atoms with Gasteiger partial charge in [-0.15, -0.1) is 0 Å². The maximum absolute atomic E-state index is 6.11. The Hall–Kier alpha value is -1.23. The molecule has 1 aromatic carbocycles. The molecule has 1 aliphatic heterocycles. The van der Waals surface area contributed by atoms with Gasteiger partial charge in [0.25, 0.3) is 0 Å². The summed E-state index contributed by atoms with van der Waals surface area (Å²) in [5.41, 5.74) is 2.10. The largest absolute Gasteiger partial charge is 0.453 e. The molecule has 0 spiro atoms. The number of nitrogens with zero attached hydrogens (tertiary/aromatic N) is 2. The van der Waals surface area contributed by atoms with Crippen LogP contribution in [0.25, 0.3) is 0 Å². The van der Waals surface area contributed by atoms with E-state index in [2.05, 4.69) is 23.8 Å². The average Bonchev–Trinajstić information content (AvgIpc) is 2.73. The molecule has 22 heavy (non-hydrogen) atoms. The second-order valence-corrected chi connectivity index (χ2v) is 6.27. The molecule has 4 nitrogen and oxygen atoms in total. The number of ether oxygens (including phenoxy) is 1. The van der Waals surface area contributed by atoms with Crippen LogP contribution in [0.1, 0.15) is 31.3 Å². The van der Waals surface area contributed by atoms with Gasteiger partial charge >= 0.3 is 0 Å². The van der Waals surface area contributed by atoms with Crippen LogP contribution in [0.4, 0.5) is 0 Å². The van der Waals surface area contributed by atoms with Crippen LogP contribution < -0.4 is 10.1 Å². The highest BCUT2D eigenvalue weighted by Crippen LogP contribution is 2.34. The minimum atomic E-state index is 0.417. The number of hydrogen-bond acceptors (Lipinski definition) is 3. The SMILES string of the molecule is CCc1nn(C2CNC2)c(CC)c1Oc1cc(Cl)cc(Cl)c1. The molecular weight excluding hydrogens is 321 g/mol. The molecule has 0 bridgehead atoms. The molecule has 1 N–H and O–H groups in total. The third-order valence-electron chi connectivity index (χ3n) is 3.86. The third-order valence-corrected chi connectivity index (χ3v) is 4.30. The molecule has 0 radical (unpaired) electrons. The quantitative estimate of drug-likeness (QED) is 0.884. The molecule has 0 aliphatic carbocycles. The Kier molecular flexibility index (Phi) is 4.62. The zero-order valence-electron chi connectivity index (χ0n) is 12.7. The molecule has 1 aromatic heterocycles. The summed E-state index contributed by atoms with van der Waals surface area (Å²) < 4.78 is 8.22. The second kappa shape index (κ2) is 6.49. The summed E-state index contributed by atoms with van der Waals surface area (Å²) in [6.07, 6.45) is 1.69. The summed E-state index contributed by atoms with van der Waals surface area (Å²) in [5.74, 6) is 1.49. The normalized spacial score (nSPS) is 14.9. The highest BCUT2D eigenvalue weighted by Gasteiger charge is 2.26. The molecule has 0 amide bonds. The van der Waals surface area contributed by atoms with Crippen molar-refractivity contribution in [1.82, 2.24) is 15.1 Å². The van der Waals surface area contributed by atoms with Crippen LogP contribution in [0.2, 0.25) is 10.0 Å². The van der Waals surface area contributed by atoms with Gasteiger partial charge in [-0.2, -0.15) is 5.10 Å². The van der Waals surface area contributed by atoms with E-state index in [1.54, 1.807) is 18.2 Å². The minimum Gasteiger partial charge on any atom is -0.453 e. The van der Waals surface area contributed by atoms with Gasteiger partial charge < -0.3 is 10.1 Å². The molecule has 1 saturated heterocycles. The van der Waals surface area contributed by atoms with Gasteiger partial charge in [0.05, 0.1) is 11.7 Å². The first kappa shape index (κ1) is 15.7. The maximum Gasteiger partial charge on any atom is 0.171 e. The smallest absolute Gasteiger partial charge is 0.171 e. The summed E-state index contributed by atoms with van der Waals surface area (Å²) in [6.45, 7) is 6.13. The lowest BCUT2D eigenvalue weighted by Crippen LogP contribution is -2.44. The molecule has 0 atom stereocenters. The lowest BCUT2D eigenvalue weighted by Gasteiger charge is -2.28. The molecule has 2 heterocycles. The van der Waals surface area contributed by atoms with Crippen LogP contribution in [0.5, 0.6) is 11.5 Å². The fourth-order valence-electron chi connectivity index (χ4n) is 2.63. The summed E-state index contributed by atoms with van der Waals surface area (Å²) >= 11 is 12.1. The van der Waals surface area contributed by atoms with E-state index >= 15 is 0 Å². The monoisotopic (exact) mass is 339 g/mol. The summed E-state index contributed by atoms with van der Waals surface area (Å²) in [4.78, 5) is 0. The van der Waals surface area contributed by atoms with Crippen LogP contribution in [-0.2, 0) is 12.8 Å². The third kappa shape index (κ3) is 2.96. The Morgan fingerprint density at radius 2 is 1.86 bits per heavy atom. The fourth-order valence-corrected chi connectivity index (χ4v) is 3.14. The molecule has 118 valence electrons. The van der Waals surface area contributed by atoms with Crippen LogP contribution in [-0.4, -0.2) is 22.9 Å². The van der Waals surface area contributed by atoms with E-state index in [9.17, 15) is 0 Å². The Morgan fingerprint density at radius 1 is 1.18 bits per heavy atom. The van der Waals surface area contributed by atoms with Gasteiger partial charge in [0.15, 0.2) is 5.75 Å². The van der Waals surface area contributed by atoms with Gasteiger partial charge in [-0.3, -0.25) is 4.68 Å². The van der Waals surface area contributed by atoms with Crippen LogP contribution >= 0.6 is 23.2 Å². The molecule has 6 heteroatoms. The van der Waals surface area contributed by atoms with Crippen molar-refractivity contribution in [3.8, 4) is 11.5 Å². The number of benzene rings is 1. The van der Waals surface area contributed by atoms with Crippen molar-refractivity contribution in [2.24, 2.45) is 0 Å². The van der Waals surface area contributed by atoms with E-state index in [4.69, 9.17) is 33.0 Å². The lowest BCUT2D eigenvalue weighted by atomic mass is 10.1. The molecule has 0 unspecified atom stereocenters. The van der Waals surface area contributed by atoms with Crippen molar-refractivity contribution in [3.05, 3.63) is 39.6 Å². The molecular formula is C16H19Cl2N3O. The van der Waals surface area contributed by atoms with E-state index in [1.807, 2.05) is 0 Å². The van der Waals surface area contributed by atoms with Crippen LogP contribution in [0.15, 0.2) is 18.2 Å². The number of rotatable bonds is 5. The number of nitrogens with one attached hydrogen (secondary N) is 1. The molecule has 2 aromatic rings. The van der Waals surface area contributed by atoms with Crippen LogP contribution in [0.3, 0.4) is 0 Å². The van der Waals surface area contributed by atoms with Crippen molar-refractivity contribution in [3.63, 3.8) is 0 Å². The first-order valence-electron chi connectivity index (χ1n) is 7.57. The van der Waals surface area contributed by atoms with Crippen molar-refractivity contribution >= 4 is 23.2 Å². The summed E-state index contributed by atoms with van der Waals surface area (Å²) in [6, 6.07) is 5.66. The average molecular weight is 340 g/mol. The Bertz CT molecular complexity index is 660. The van der Waals surface area contributed by atoms with E-state index in [1.165, 1.54) is 0 Å². The van der Waals surface area contributed by atoms with Gasteiger partial charge in [0.1, 0.15) is 11.4 Å². The van der Waals surface area contributed by atoms with E-state index in [0.717, 1.165) is 43.1 Å². The first-order valence-corrected chi connectivity index (χ1v) is 8.32. The number of aromatic nitrogens is 2. The topological polar surface area (TPSA) is 39.1 Å². The van der Waals surface area contributed by atoms with E-state index in [-0.39, 0.29) is 0 Å². The molecule has 1 fully saturated rings. The molecule has 0 saturated carbocycles. The standard InChI is InChI=1S/C16H19Cl2N3O/c1-3-14-16(22-13-6-10(17)5-11(18)7-13)15(4-2)21(20-14)12-8-19-9-12/h5-7,12,19H,3-4,8-9H2,1-2H3. The fraction of sp³-hybridized carbons (Fsp3) is 0.438. The zero-order valence-corrected chi connectivity index (χ0v) is 14.2. The number of hydrogen-bond donors (Lipinski definition) is 1. The highest BCUT2D eigenvalue weighted by atomic mass is 35.5. The van der Waals surface area contributed by atoms with Crippen molar-refractivity contribution in [2.45, 2.75) is 32.7 Å². The maximum atomic E-state index is 6.11. The Balaban J connectivity index is 1.99. The Morgan fingerprint density at radius 3 is 2.36 bits per heavy atom. The van der Waals surface area contributed by atoms with Gasteiger partial charge in [-0.25, -0.2) is 0 Å². The second-order valence-electron chi connectivity index (χ2n) is 5.39. The van der Waals surface area contributed by atoms with Gasteiger partial charge in [0.2, 0.25) is 0 Å². The van der Waals surface area contributed by atoms with E-state index < -0.39 is 0 Å². The molecule has 3 rings (SSSR count). The first-order chi connectivity index (χ1) is 10.6. The summed E-state index contributed by atoms with van der Waals surface area (Å²) in [7, 11) is 0. The number of halogens is 2. The lowest BCUT2D eigenvalue weighted by molar-refractivity contribution is 0.308. The molecule has 1 aliphatic rings. The van der Waals surface area contributed by atoms with Crippen molar-refractivity contribution in [2.75, 3.05) is 13.1 Å². The summed E-state index contributed by atoms with van der Waals surface area (Å²) in [5, 5.41) is 9.16. The van der Waals surface area contributed by atoms with Gasteiger partial charge in [-0.05, 0) is 31.0 Å². The zero-order chi connectivity index (χ0) is 15.7.